The zero-order valence-electron chi connectivity index (χ0n) is 7.05. The van der Waals surface area contributed by atoms with Crippen molar-refractivity contribution < 1.29 is 9.90 Å². The Bertz CT molecular complexity index is 362. The molecule has 0 amide bonds. The first-order valence-corrected chi connectivity index (χ1v) is 4.59. The van der Waals surface area contributed by atoms with Gasteiger partial charge in [0, 0.05) is 17.4 Å². The highest BCUT2D eigenvalue weighted by atomic mass is 16.4. The summed E-state index contributed by atoms with van der Waals surface area (Å²) in [4.78, 5) is 10.9. The van der Waals surface area contributed by atoms with Crippen molar-refractivity contribution in [3.63, 3.8) is 0 Å². The summed E-state index contributed by atoms with van der Waals surface area (Å²) >= 11 is 0. The van der Waals surface area contributed by atoms with Gasteiger partial charge in [-0.2, -0.15) is 0 Å². The molecule has 1 N–H and O–H groups in total. The summed E-state index contributed by atoms with van der Waals surface area (Å²) in [5.74, 6) is 0.769. The summed E-state index contributed by atoms with van der Waals surface area (Å²) in [5.41, 5.74) is 0.595. The quantitative estimate of drug-likeness (QED) is 0.613. The fraction of sp³-hybridized carbons (Fsp3) is 0.364. The Kier molecular flexibility index (Phi) is 1.17. The zero-order valence-corrected chi connectivity index (χ0v) is 7.05. The van der Waals surface area contributed by atoms with Crippen LogP contribution in [0, 0.1) is 23.7 Å². The third-order valence-electron chi connectivity index (χ3n) is 3.38. The Morgan fingerprint density at radius 3 is 2.62 bits per heavy atom. The Morgan fingerprint density at radius 1 is 1.15 bits per heavy atom. The summed E-state index contributed by atoms with van der Waals surface area (Å²) < 4.78 is 0. The van der Waals surface area contributed by atoms with Crippen LogP contribution < -0.4 is 0 Å². The van der Waals surface area contributed by atoms with Crippen molar-refractivity contribution in [2.45, 2.75) is 0 Å². The second kappa shape index (κ2) is 2.13. The van der Waals surface area contributed by atoms with Crippen LogP contribution in [0.5, 0.6) is 0 Å². The lowest BCUT2D eigenvalue weighted by atomic mass is 9.87. The third kappa shape index (κ3) is 0.755. The summed E-state index contributed by atoms with van der Waals surface area (Å²) in [5, 5.41) is 8.96. The maximum Gasteiger partial charge on any atom is 0.331 e. The lowest BCUT2D eigenvalue weighted by Gasteiger charge is -2.15. The minimum Gasteiger partial charge on any atom is -0.478 e. The van der Waals surface area contributed by atoms with Gasteiger partial charge in [-0.1, -0.05) is 30.4 Å². The molecule has 3 aliphatic rings. The van der Waals surface area contributed by atoms with Crippen molar-refractivity contribution in [2.24, 2.45) is 23.7 Å². The van der Waals surface area contributed by atoms with Gasteiger partial charge in [0.15, 0.2) is 0 Å². The molecule has 2 nitrogen and oxygen atoms in total. The highest BCUT2D eigenvalue weighted by Crippen LogP contribution is 2.50. The van der Waals surface area contributed by atoms with E-state index in [0.29, 0.717) is 23.3 Å². The molecule has 4 atom stereocenters. The maximum absolute atomic E-state index is 10.9. The molecule has 13 heavy (non-hydrogen) atoms. The van der Waals surface area contributed by atoms with Gasteiger partial charge in [-0.15, -0.1) is 0 Å². The van der Waals surface area contributed by atoms with Crippen LogP contribution in [0.4, 0.5) is 0 Å². The van der Waals surface area contributed by atoms with E-state index in [4.69, 9.17) is 5.11 Å². The molecule has 0 aliphatic heterocycles. The molecule has 3 aliphatic carbocycles. The maximum atomic E-state index is 10.9. The van der Waals surface area contributed by atoms with Crippen LogP contribution in [0.3, 0.4) is 0 Å². The van der Waals surface area contributed by atoms with E-state index in [9.17, 15) is 4.79 Å². The number of hydrogen-bond donors (Lipinski definition) is 1. The third-order valence-corrected chi connectivity index (χ3v) is 3.38. The monoisotopic (exact) mass is 174 g/mol. The van der Waals surface area contributed by atoms with Crippen LogP contribution >= 0.6 is 0 Å². The molecule has 0 aromatic heterocycles. The second-order valence-electron chi connectivity index (χ2n) is 3.95. The van der Waals surface area contributed by atoms with Crippen molar-refractivity contribution >= 4 is 5.97 Å². The van der Waals surface area contributed by atoms with Crippen molar-refractivity contribution in [2.75, 3.05) is 0 Å². The lowest BCUT2D eigenvalue weighted by Crippen LogP contribution is -2.15. The molecular weight excluding hydrogens is 164 g/mol. The van der Waals surface area contributed by atoms with E-state index in [0.717, 1.165) is 0 Å². The standard InChI is InChI=1S/C11H10O2/c12-11(13)9-5-7-2-1-6-3-4-8(9)10(6)7/h1-8,10H,(H,12,13)/t6-,7+,8-,10+/m1/s1. The molecule has 0 saturated heterocycles. The lowest BCUT2D eigenvalue weighted by molar-refractivity contribution is -0.133. The van der Waals surface area contributed by atoms with Crippen LogP contribution in [0.25, 0.3) is 0 Å². The fourth-order valence-electron chi connectivity index (χ4n) is 2.83. The topological polar surface area (TPSA) is 37.3 Å². The molecule has 0 aromatic rings. The summed E-state index contributed by atoms with van der Waals surface area (Å²) in [6.07, 6.45) is 10.4. The minimum atomic E-state index is -0.752. The predicted molar refractivity (Wildman–Crippen MR) is 48.0 cm³/mol. The fourth-order valence-corrected chi connectivity index (χ4v) is 2.83. The van der Waals surface area contributed by atoms with Crippen LogP contribution in [0.2, 0.25) is 0 Å². The molecule has 2 heteroatoms. The van der Waals surface area contributed by atoms with E-state index < -0.39 is 5.97 Å². The van der Waals surface area contributed by atoms with Gasteiger partial charge >= 0.3 is 5.97 Å². The Balaban J connectivity index is 2.07. The first-order valence-electron chi connectivity index (χ1n) is 4.59. The number of rotatable bonds is 1. The van der Waals surface area contributed by atoms with Crippen molar-refractivity contribution in [3.8, 4) is 0 Å². The predicted octanol–water partition coefficient (Wildman–Crippen LogP) is 1.62. The molecule has 3 rings (SSSR count). The molecule has 0 bridgehead atoms. The number of carboxylic acid groups (broad SMARTS) is 1. The smallest absolute Gasteiger partial charge is 0.331 e. The molecule has 0 saturated carbocycles. The number of carbonyl (C=O) groups is 1. The second-order valence-corrected chi connectivity index (χ2v) is 3.95. The average molecular weight is 174 g/mol. The summed E-state index contributed by atoms with van der Waals surface area (Å²) in [7, 11) is 0. The first kappa shape index (κ1) is 7.13. The molecule has 0 fully saturated rings. The number of carboxylic acids is 1. The van der Waals surface area contributed by atoms with Crippen LogP contribution in [0.1, 0.15) is 0 Å². The van der Waals surface area contributed by atoms with Gasteiger partial charge in [0.2, 0.25) is 0 Å². The summed E-state index contributed by atoms with van der Waals surface area (Å²) in [6.45, 7) is 0. The number of hydrogen-bond acceptors (Lipinski definition) is 1. The van der Waals surface area contributed by atoms with Gasteiger partial charge in [0.05, 0.1) is 0 Å². The summed E-state index contributed by atoms with van der Waals surface area (Å²) in [6, 6.07) is 0. The highest BCUT2D eigenvalue weighted by Gasteiger charge is 2.45. The Labute approximate surface area is 76.3 Å². The van der Waals surface area contributed by atoms with Crippen LogP contribution in [-0.2, 0) is 4.79 Å². The van der Waals surface area contributed by atoms with Crippen LogP contribution in [-0.4, -0.2) is 11.1 Å². The Morgan fingerprint density at radius 2 is 1.85 bits per heavy atom. The minimum absolute atomic E-state index is 0.169. The average Bonchev–Trinajstić information content (AvgIpc) is 2.72. The van der Waals surface area contributed by atoms with Gasteiger partial charge in [-0.05, 0) is 11.8 Å². The normalized spacial score (nSPS) is 43.8. The van der Waals surface area contributed by atoms with Gasteiger partial charge < -0.3 is 5.11 Å². The van der Waals surface area contributed by atoms with Crippen molar-refractivity contribution in [3.05, 3.63) is 36.0 Å². The first-order chi connectivity index (χ1) is 6.27. The van der Waals surface area contributed by atoms with E-state index >= 15 is 0 Å². The SMILES string of the molecule is O=C(O)C1=C[C@@H]2C=C[C@@H]3C=C[C@H]1[C@@H]32. The zero-order chi connectivity index (χ0) is 9.00. The highest BCUT2D eigenvalue weighted by molar-refractivity contribution is 5.89. The molecule has 0 radical (unpaired) electrons. The number of allylic oxidation sites excluding steroid dienone is 5. The molecule has 0 unspecified atom stereocenters. The van der Waals surface area contributed by atoms with Crippen molar-refractivity contribution in [1.29, 1.82) is 0 Å². The molecule has 0 heterocycles. The molecule has 0 spiro atoms. The van der Waals surface area contributed by atoms with Gasteiger partial charge in [-0.3, -0.25) is 0 Å². The van der Waals surface area contributed by atoms with Gasteiger partial charge in [0.25, 0.3) is 0 Å². The van der Waals surface area contributed by atoms with Crippen molar-refractivity contribution in [1.82, 2.24) is 0 Å². The van der Waals surface area contributed by atoms with Gasteiger partial charge in [0.1, 0.15) is 0 Å². The number of aliphatic carboxylic acids is 1. The van der Waals surface area contributed by atoms with E-state index in [1.807, 2.05) is 6.08 Å². The van der Waals surface area contributed by atoms with Gasteiger partial charge in [-0.25, -0.2) is 4.79 Å². The van der Waals surface area contributed by atoms with E-state index in [1.165, 1.54) is 0 Å². The molecule has 0 aromatic carbocycles. The Hall–Kier alpha value is -1.31. The van der Waals surface area contributed by atoms with E-state index in [2.05, 4.69) is 24.3 Å². The molecular formula is C11H10O2. The van der Waals surface area contributed by atoms with E-state index in [-0.39, 0.29) is 5.92 Å². The van der Waals surface area contributed by atoms with Crippen LogP contribution in [0.15, 0.2) is 36.0 Å². The largest absolute Gasteiger partial charge is 0.478 e. The van der Waals surface area contributed by atoms with E-state index in [1.54, 1.807) is 0 Å². The molecule has 66 valence electrons.